The standard InChI is InChI=1S/C15H23BrN2O2/c1-5-18(4)15(19)10-20-14-7-6-13(16)8-12(14)9-17-11(2)3/h6-8,11,17H,5,9-10H2,1-4H3. The third-order valence-corrected chi connectivity index (χ3v) is 3.47. The van der Waals surface area contributed by atoms with Crippen molar-refractivity contribution in [3.63, 3.8) is 0 Å². The number of ether oxygens (including phenoxy) is 1. The summed E-state index contributed by atoms with van der Waals surface area (Å²) < 4.78 is 6.66. The molecule has 112 valence electrons. The monoisotopic (exact) mass is 342 g/mol. The van der Waals surface area contributed by atoms with Crippen molar-refractivity contribution in [1.82, 2.24) is 10.2 Å². The predicted octanol–water partition coefficient (Wildman–Crippen LogP) is 2.80. The lowest BCUT2D eigenvalue weighted by Crippen LogP contribution is -2.31. The number of benzene rings is 1. The number of halogens is 1. The molecule has 0 aliphatic rings. The van der Waals surface area contributed by atoms with Crippen LogP contribution in [0.15, 0.2) is 22.7 Å². The van der Waals surface area contributed by atoms with Gasteiger partial charge >= 0.3 is 0 Å². The topological polar surface area (TPSA) is 41.6 Å². The van der Waals surface area contributed by atoms with Crippen molar-refractivity contribution in [1.29, 1.82) is 0 Å². The van der Waals surface area contributed by atoms with Crippen LogP contribution in [0.25, 0.3) is 0 Å². The van der Waals surface area contributed by atoms with E-state index in [0.29, 0.717) is 19.1 Å². The van der Waals surface area contributed by atoms with Gasteiger partial charge in [-0.15, -0.1) is 0 Å². The van der Waals surface area contributed by atoms with Crippen LogP contribution >= 0.6 is 15.9 Å². The first kappa shape index (κ1) is 17.0. The molecule has 1 aromatic rings. The van der Waals surface area contributed by atoms with Gasteiger partial charge in [0, 0.05) is 36.2 Å². The summed E-state index contributed by atoms with van der Waals surface area (Å²) >= 11 is 3.46. The molecule has 1 aromatic carbocycles. The molecule has 0 bridgehead atoms. The molecule has 0 spiro atoms. The highest BCUT2D eigenvalue weighted by Crippen LogP contribution is 2.23. The minimum Gasteiger partial charge on any atom is -0.483 e. The quantitative estimate of drug-likeness (QED) is 0.828. The summed E-state index contributed by atoms with van der Waals surface area (Å²) in [4.78, 5) is 13.4. The van der Waals surface area contributed by atoms with Gasteiger partial charge in [-0.1, -0.05) is 29.8 Å². The van der Waals surface area contributed by atoms with Crippen LogP contribution < -0.4 is 10.1 Å². The number of carbonyl (C=O) groups is 1. The Balaban J connectivity index is 2.71. The molecule has 0 fully saturated rings. The predicted molar refractivity (Wildman–Crippen MR) is 84.9 cm³/mol. The fourth-order valence-corrected chi connectivity index (χ4v) is 1.98. The molecule has 4 nitrogen and oxygen atoms in total. The number of nitrogens with zero attached hydrogens (tertiary/aromatic N) is 1. The van der Waals surface area contributed by atoms with Crippen LogP contribution in [0.3, 0.4) is 0 Å². The number of nitrogens with one attached hydrogen (secondary N) is 1. The van der Waals surface area contributed by atoms with Crippen molar-refractivity contribution >= 4 is 21.8 Å². The van der Waals surface area contributed by atoms with Crippen molar-refractivity contribution in [2.24, 2.45) is 0 Å². The van der Waals surface area contributed by atoms with Gasteiger partial charge in [-0.2, -0.15) is 0 Å². The highest BCUT2D eigenvalue weighted by atomic mass is 79.9. The number of hydrogen-bond donors (Lipinski definition) is 1. The lowest BCUT2D eigenvalue weighted by atomic mass is 10.2. The van der Waals surface area contributed by atoms with Crippen LogP contribution in [0.1, 0.15) is 26.3 Å². The summed E-state index contributed by atoms with van der Waals surface area (Å²) in [6.07, 6.45) is 0. The van der Waals surface area contributed by atoms with Gasteiger partial charge in [0.25, 0.3) is 5.91 Å². The maximum Gasteiger partial charge on any atom is 0.260 e. The van der Waals surface area contributed by atoms with E-state index in [1.54, 1.807) is 11.9 Å². The minimum absolute atomic E-state index is 0.0156. The molecule has 0 atom stereocenters. The maximum atomic E-state index is 11.8. The molecule has 0 saturated heterocycles. The van der Waals surface area contributed by atoms with E-state index >= 15 is 0 Å². The fourth-order valence-electron chi connectivity index (χ4n) is 1.57. The second-order valence-electron chi connectivity index (χ2n) is 4.98. The van der Waals surface area contributed by atoms with E-state index < -0.39 is 0 Å². The average Bonchev–Trinajstić information content (AvgIpc) is 2.42. The first-order valence-corrected chi connectivity index (χ1v) is 7.62. The molecule has 0 radical (unpaired) electrons. The smallest absolute Gasteiger partial charge is 0.260 e. The molecule has 5 heteroatoms. The summed E-state index contributed by atoms with van der Waals surface area (Å²) in [6, 6.07) is 6.22. The van der Waals surface area contributed by atoms with E-state index in [2.05, 4.69) is 35.1 Å². The van der Waals surface area contributed by atoms with Gasteiger partial charge in [-0.3, -0.25) is 4.79 Å². The van der Waals surface area contributed by atoms with Crippen molar-refractivity contribution < 1.29 is 9.53 Å². The van der Waals surface area contributed by atoms with Crippen LogP contribution in [0.5, 0.6) is 5.75 Å². The Kier molecular flexibility index (Phi) is 7.02. The molecule has 0 unspecified atom stereocenters. The Labute approximate surface area is 129 Å². The molecule has 1 rings (SSSR count). The minimum atomic E-state index is -0.0156. The van der Waals surface area contributed by atoms with Gasteiger partial charge < -0.3 is 15.0 Å². The van der Waals surface area contributed by atoms with Crippen LogP contribution in [0.2, 0.25) is 0 Å². The van der Waals surface area contributed by atoms with E-state index in [-0.39, 0.29) is 12.5 Å². The Hall–Kier alpha value is -1.07. The average molecular weight is 343 g/mol. The number of amides is 1. The van der Waals surface area contributed by atoms with Crippen molar-refractivity contribution in [2.75, 3.05) is 20.2 Å². The van der Waals surface area contributed by atoms with E-state index in [1.165, 1.54) is 0 Å². The highest BCUT2D eigenvalue weighted by Gasteiger charge is 2.10. The van der Waals surface area contributed by atoms with Gasteiger partial charge in [0.1, 0.15) is 5.75 Å². The van der Waals surface area contributed by atoms with E-state index in [4.69, 9.17) is 4.74 Å². The normalized spacial score (nSPS) is 10.7. The van der Waals surface area contributed by atoms with E-state index in [9.17, 15) is 4.79 Å². The molecule has 1 N–H and O–H groups in total. The van der Waals surface area contributed by atoms with Crippen molar-refractivity contribution in [3.8, 4) is 5.75 Å². The summed E-state index contributed by atoms with van der Waals surface area (Å²) in [5, 5.41) is 3.35. The SMILES string of the molecule is CCN(C)C(=O)COc1ccc(Br)cc1CNC(C)C. The van der Waals surface area contributed by atoms with Gasteiger partial charge in [0.15, 0.2) is 6.61 Å². The Morgan fingerprint density at radius 3 is 2.75 bits per heavy atom. The molecule has 0 aromatic heterocycles. The van der Waals surface area contributed by atoms with Crippen molar-refractivity contribution in [2.45, 2.75) is 33.4 Å². The summed E-state index contributed by atoms with van der Waals surface area (Å²) in [6.45, 7) is 7.60. The lowest BCUT2D eigenvalue weighted by Gasteiger charge is -2.17. The number of likely N-dealkylation sites (N-methyl/N-ethyl adjacent to an activating group) is 1. The first-order chi connectivity index (χ1) is 9.43. The Bertz CT molecular complexity index is 449. The second-order valence-corrected chi connectivity index (χ2v) is 5.90. The zero-order valence-electron chi connectivity index (χ0n) is 12.6. The fraction of sp³-hybridized carbons (Fsp3) is 0.533. The maximum absolute atomic E-state index is 11.8. The number of hydrogen-bond acceptors (Lipinski definition) is 3. The molecule has 0 heterocycles. The van der Waals surface area contributed by atoms with Crippen LogP contribution in [-0.2, 0) is 11.3 Å². The van der Waals surface area contributed by atoms with Gasteiger partial charge in [0.2, 0.25) is 0 Å². The largest absolute Gasteiger partial charge is 0.483 e. The molecular weight excluding hydrogens is 320 g/mol. The van der Waals surface area contributed by atoms with Gasteiger partial charge in [-0.25, -0.2) is 0 Å². The van der Waals surface area contributed by atoms with Crippen LogP contribution in [0, 0.1) is 0 Å². The number of rotatable bonds is 7. The molecule has 20 heavy (non-hydrogen) atoms. The summed E-state index contributed by atoms with van der Waals surface area (Å²) in [7, 11) is 1.77. The van der Waals surface area contributed by atoms with Crippen LogP contribution in [-0.4, -0.2) is 37.0 Å². The molecule has 0 saturated carbocycles. The van der Waals surface area contributed by atoms with Gasteiger partial charge in [0.05, 0.1) is 0 Å². The van der Waals surface area contributed by atoms with E-state index in [0.717, 1.165) is 15.8 Å². The molecule has 1 amide bonds. The second kappa shape index (κ2) is 8.27. The molecular formula is C15H23BrN2O2. The molecule has 0 aliphatic heterocycles. The first-order valence-electron chi connectivity index (χ1n) is 6.82. The highest BCUT2D eigenvalue weighted by molar-refractivity contribution is 9.10. The van der Waals surface area contributed by atoms with Gasteiger partial charge in [-0.05, 0) is 25.1 Å². The Morgan fingerprint density at radius 1 is 1.45 bits per heavy atom. The third-order valence-electron chi connectivity index (χ3n) is 2.97. The summed E-state index contributed by atoms with van der Waals surface area (Å²) in [5.41, 5.74) is 1.04. The van der Waals surface area contributed by atoms with Crippen molar-refractivity contribution in [3.05, 3.63) is 28.2 Å². The zero-order valence-corrected chi connectivity index (χ0v) is 14.2. The number of carbonyl (C=O) groups excluding carboxylic acids is 1. The molecule has 0 aliphatic carbocycles. The zero-order chi connectivity index (χ0) is 15.1. The third kappa shape index (κ3) is 5.51. The Morgan fingerprint density at radius 2 is 2.15 bits per heavy atom. The van der Waals surface area contributed by atoms with E-state index in [1.807, 2.05) is 25.1 Å². The van der Waals surface area contributed by atoms with Crippen LogP contribution in [0.4, 0.5) is 0 Å². The lowest BCUT2D eigenvalue weighted by molar-refractivity contribution is -0.131. The summed E-state index contributed by atoms with van der Waals surface area (Å²) in [5.74, 6) is 0.734.